The first-order chi connectivity index (χ1) is 13.5. The van der Waals surface area contributed by atoms with Crippen LogP contribution in [0.25, 0.3) is 22.4 Å². The van der Waals surface area contributed by atoms with E-state index >= 15 is 0 Å². The molecule has 1 unspecified atom stereocenters. The molecule has 3 aromatic rings. The maximum atomic E-state index is 11.6. The van der Waals surface area contributed by atoms with Gasteiger partial charge in [-0.1, -0.05) is 30.3 Å². The largest absolute Gasteiger partial charge is 0.315 e. The van der Waals surface area contributed by atoms with Gasteiger partial charge in [0.15, 0.2) is 16.0 Å². The molecule has 1 aliphatic rings. The Labute approximate surface area is 164 Å². The quantitative estimate of drug-likeness (QED) is 0.633. The zero-order chi connectivity index (χ0) is 19.7. The molecule has 0 spiro atoms. The van der Waals surface area contributed by atoms with Gasteiger partial charge in [-0.25, -0.2) is 13.4 Å². The normalized spacial score (nSPS) is 16.9. The summed E-state index contributed by atoms with van der Waals surface area (Å²) in [4.78, 5) is 6.62. The molecule has 1 aromatic heterocycles. The molecule has 1 atom stereocenters. The van der Waals surface area contributed by atoms with Gasteiger partial charge in [-0.15, -0.1) is 0 Å². The van der Waals surface area contributed by atoms with Crippen molar-refractivity contribution < 1.29 is 8.42 Å². The summed E-state index contributed by atoms with van der Waals surface area (Å²) in [5.74, 6) is 0. The van der Waals surface area contributed by atoms with Gasteiger partial charge in [0.1, 0.15) is 6.17 Å². The number of sulfone groups is 1. The third-order valence-corrected chi connectivity index (χ3v) is 6.20. The number of nitrogens with zero attached hydrogens (tertiary/aromatic N) is 4. The van der Waals surface area contributed by atoms with Crippen molar-refractivity contribution in [1.82, 2.24) is 14.5 Å². The summed E-state index contributed by atoms with van der Waals surface area (Å²) in [6.45, 7) is 0.785. The SMILES string of the molecule is CS(=O)(=O)c1ccc(-c2cccc(-c3cn(C4CCCN4C#N)cn3)c2)cc1. The second kappa shape index (κ2) is 7.13. The number of rotatable bonds is 4. The molecule has 7 heteroatoms. The average molecular weight is 392 g/mol. The minimum Gasteiger partial charge on any atom is -0.315 e. The molecule has 0 radical (unpaired) electrons. The molecule has 2 aromatic carbocycles. The second-order valence-corrected chi connectivity index (χ2v) is 9.02. The molecule has 0 amide bonds. The molecule has 0 aliphatic carbocycles. The van der Waals surface area contributed by atoms with E-state index in [-0.39, 0.29) is 6.17 Å². The van der Waals surface area contributed by atoms with Crippen LogP contribution >= 0.6 is 0 Å². The van der Waals surface area contributed by atoms with E-state index in [0.717, 1.165) is 41.8 Å². The fourth-order valence-corrected chi connectivity index (χ4v) is 4.21. The van der Waals surface area contributed by atoms with Crippen LogP contribution in [0.1, 0.15) is 19.0 Å². The first-order valence-corrected chi connectivity index (χ1v) is 11.0. The van der Waals surface area contributed by atoms with Gasteiger partial charge in [-0.2, -0.15) is 5.26 Å². The number of imidazole rings is 1. The Balaban J connectivity index is 1.62. The van der Waals surface area contributed by atoms with Crippen molar-refractivity contribution in [1.29, 1.82) is 5.26 Å². The van der Waals surface area contributed by atoms with E-state index in [1.165, 1.54) is 6.26 Å². The number of hydrogen-bond acceptors (Lipinski definition) is 5. The van der Waals surface area contributed by atoms with Crippen molar-refractivity contribution in [2.75, 3.05) is 12.8 Å². The van der Waals surface area contributed by atoms with E-state index in [4.69, 9.17) is 0 Å². The summed E-state index contributed by atoms with van der Waals surface area (Å²) in [6.07, 6.45) is 9.20. The van der Waals surface area contributed by atoms with Crippen LogP contribution in [0.4, 0.5) is 0 Å². The topological polar surface area (TPSA) is 79.0 Å². The monoisotopic (exact) mass is 392 g/mol. The molecule has 0 saturated carbocycles. The van der Waals surface area contributed by atoms with Crippen LogP contribution in [0, 0.1) is 11.5 Å². The Hall–Kier alpha value is -3.11. The van der Waals surface area contributed by atoms with Crippen molar-refractivity contribution in [3.05, 3.63) is 61.1 Å². The summed E-state index contributed by atoms with van der Waals surface area (Å²) in [5, 5.41) is 9.26. The Morgan fingerprint density at radius 3 is 2.57 bits per heavy atom. The first kappa shape index (κ1) is 18.3. The van der Waals surface area contributed by atoms with Crippen molar-refractivity contribution >= 4 is 9.84 Å². The van der Waals surface area contributed by atoms with Gasteiger partial charge < -0.3 is 4.57 Å². The summed E-state index contributed by atoms with van der Waals surface area (Å²) in [6, 6.07) is 14.9. The van der Waals surface area contributed by atoms with Crippen molar-refractivity contribution in [2.24, 2.45) is 0 Å². The maximum Gasteiger partial charge on any atom is 0.181 e. The molecule has 6 nitrogen and oxygen atoms in total. The van der Waals surface area contributed by atoms with Crippen molar-refractivity contribution in [3.8, 4) is 28.6 Å². The van der Waals surface area contributed by atoms with Crippen LogP contribution < -0.4 is 0 Å². The lowest BCUT2D eigenvalue weighted by Crippen LogP contribution is -2.21. The molecule has 1 saturated heterocycles. The molecule has 2 heterocycles. The molecule has 1 fully saturated rings. The standard InChI is InChI=1S/C21H20N4O2S/c1-28(26,27)19-9-7-16(8-10-19)17-4-2-5-18(12-17)20-13-25(15-23-20)21-6-3-11-24(21)14-22/h2,4-5,7-10,12-13,15,21H,3,6,11H2,1H3. The summed E-state index contributed by atoms with van der Waals surface area (Å²) < 4.78 is 25.3. The highest BCUT2D eigenvalue weighted by molar-refractivity contribution is 7.90. The first-order valence-electron chi connectivity index (χ1n) is 9.06. The summed E-state index contributed by atoms with van der Waals surface area (Å²) >= 11 is 0. The van der Waals surface area contributed by atoms with Crippen LogP contribution in [-0.4, -0.2) is 35.7 Å². The summed E-state index contributed by atoms with van der Waals surface area (Å²) in [5.41, 5.74) is 3.76. The van der Waals surface area contributed by atoms with Gasteiger partial charge in [0.25, 0.3) is 0 Å². The van der Waals surface area contributed by atoms with Crippen LogP contribution in [0.15, 0.2) is 66.0 Å². The van der Waals surface area contributed by atoms with Crippen LogP contribution in [0.2, 0.25) is 0 Å². The molecule has 4 rings (SSSR count). The fraction of sp³-hybridized carbons (Fsp3) is 0.238. The number of likely N-dealkylation sites (tertiary alicyclic amines) is 1. The van der Waals surface area contributed by atoms with Crippen molar-refractivity contribution in [3.63, 3.8) is 0 Å². The molecular weight excluding hydrogens is 372 g/mol. The maximum absolute atomic E-state index is 11.6. The fourth-order valence-electron chi connectivity index (χ4n) is 3.58. The van der Waals surface area contributed by atoms with E-state index in [9.17, 15) is 13.7 Å². The van der Waals surface area contributed by atoms with E-state index in [0.29, 0.717) is 4.90 Å². The Kier molecular flexibility index (Phi) is 4.65. The molecule has 1 aliphatic heterocycles. The minimum atomic E-state index is -3.20. The lowest BCUT2D eigenvalue weighted by Gasteiger charge is -2.19. The predicted octanol–water partition coefficient (Wildman–Crippen LogP) is 3.70. The van der Waals surface area contributed by atoms with E-state index < -0.39 is 9.84 Å². The zero-order valence-corrected chi connectivity index (χ0v) is 16.3. The third-order valence-electron chi connectivity index (χ3n) is 5.07. The highest BCUT2D eigenvalue weighted by Crippen LogP contribution is 2.30. The highest BCUT2D eigenvalue weighted by atomic mass is 32.2. The molecule has 0 bridgehead atoms. The third kappa shape index (κ3) is 3.51. The van der Waals surface area contributed by atoms with Crippen molar-refractivity contribution in [2.45, 2.75) is 23.9 Å². The highest BCUT2D eigenvalue weighted by Gasteiger charge is 2.25. The smallest absolute Gasteiger partial charge is 0.181 e. The predicted molar refractivity (Wildman–Crippen MR) is 107 cm³/mol. The Morgan fingerprint density at radius 2 is 1.86 bits per heavy atom. The number of aromatic nitrogens is 2. The molecule has 0 N–H and O–H groups in total. The van der Waals surface area contributed by atoms with Gasteiger partial charge in [0.2, 0.25) is 0 Å². The van der Waals surface area contributed by atoms with Gasteiger partial charge in [0.05, 0.1) is 16.9 Å². The number of hydrogen-bond donors (Lipinski definition) is 0. The number of nitriles is 1. The Morgan fingerprint density at radius 1 is 1.11 bits per heavy atom. The van der Waals surface area contributed by atoms with Gasteiger partial charge in [-0.05, 0) is 42.2 Å². The minimum absolute atomic E-state index is 0.0398. The molecule has 28 heavy (non-hydrogen) atoms. The zero-order valence-electron chi connectivity index (χ0n) is 15.5. The van der Waals surface area contributed by atoms with Crippen LogP contribution in [0.5, 0.6) is 0 Å². The molecule has 142 valence electrons. The van der Waals surface area contributed by atoms with Gasteiger partial charge >= 0.3 is 0 Å². The van der Waals surface area contributed by atoms with E-state index in [2.05, 4.69) is 11.2 Å². The van der Waals surface area contributed by atoms with Gasteiger partial charge in [0, 0.05) is 24.6 Å². The Bertz CT molecular complexity index is 1140. The van der Waals surface area contributed by atoms with E-state index in [1.807, 2.05) is 47.2 Å². The number of benzene rings is 2. The van der Waals surface area contributed by atoms with Gasteiger partial charge in [-0.3, -0.25) is 4.90 Å². The van der Waals surface area contributed by atoms with E-state index in [1.54, 1.807) is 23.4 Å². The lowest BCUT2D eigenvalue weighted by molar-refractivity contribution is 0.281. The van der Waals surface area contributed by atoms with Crippen LogP contribution in [-0.2, 0) is 9.84 Å². The average Bonchev–Trinajstić information content (AvgIpc) is 3.36. The molecular formula is C21H20N4O2S. The lowest BCUT2D eigenvalue weighted by atomic mass is 10.0. The van der Waals surface area contributed by atoms with Crippen LogP contribution in [0.3, 0.4) is 0 Å². The summed E-state index contributed by atoms with van der Waals surface area (Å²) in [7, 11) is -3.20. The second-order valence-electron chi connectivity index (χ2n) is 7.00.